The zero-order valence-corrected chi connectivity index (χ0v) is 15.3. The normalized spacial score (nSPS) is 14.1. The zero-order chi connectivity index (χ0) is 18.3. The van der Waals surface area contributed by atoms with E-state index in [1.165, 1.54) is 11.1 Å². The predicted molar refractivity (Wildman–Crippen MR) is 110 cm³/mol. The van der Waals surface area contributed by atoms with E-state index in [2.05, 4.69) is 22.8 Å². The average molecular weight is 359 g/mol. The van der Waals surface area contributed by atoms with Gasteiger partial charge >= 0.3 is 0 Å². The van der Waals surface area contributed by atoms with E-state index in [9.17, 15) is 4.79 Å². The zero-order valence-electron chi connectivity index (χ0n) is 14.5. The number of nitrogens with zero attached hydrogens (tertiary/aromatic N) is 1. The van der Waals surface area contributed by atoms with Crippen LogP contribution in [0.15, 0.2) is 59.7 Å². The topological polar surface area (TPSA) is 53.5 Å². The summed E-state index contributed by atoms with van der Waals surface area (Å²) in [5.41, 5.74) is 8.00. The van der Waals surface area contributed by atoms with Crippen molar-refractivity contribution in [2.24, 2.45) is 5.10 Å². The summed E-state index contributed by atoms with van der Waals surface area (Å²) in [6, 6.07) is 17.6. The summed E-state index contributed by atoms with van der Waals surface area (Å²) < 4.78 is 0. The van der Waals surface area contributed by atoms with E-state index in [1.54, 1.807) is 0 Å². The van der Waals surface area contributed by atoms with Crippen LogP contribution in [-0.4, -0.2) is 16.6 Å². The molecule has 0 saturated carbocycles. The number of carbonyl (C=O) groups is 1. The number of hydrogen-bond donors (Lipinski definition) is 2. The molecule has 4 rings (SSSR count). The molecule has 1 aliphatic rings. The Bertz CT molecular complexity index is 1100. The highest BCUT2D eigenvalue weighted by atomic mass is 32.1. The van der Waals surface area contributed by atoms with Crippen molar-refractivity contribution < 1.29 is 4.79 Å². The molecule has 26 heavy (non-hydrogen) atoms. The third-order valence-electron chi connectivity index (χ3n) is 4.65. The van der Waals surface area contributed by atoms with Gasteiger partial charge in [-0.05, 0) is 54.7 Å². The van der Waals surface area contributed by atoms with E-state index in [0.29, 0.717) is 16.4 Å². The van der Waals surface area contributed by atoms with Crippen LogP contribution in [0.1, 0.15) is 27.0 Å². The summed E-state index contributed by atoms with van der Waals surface area (Å²) in [7, 11) is 0. The Hall–Kier alpha value is -3.05. The summed E-state index contributed by atoms with van der Waals surface area (Å²) in [4.78, 5) is 12.7. The second kappa shape index (κ2) is 6.35. The van der Waals surface area contributed by atoms with Crippen LogP contribution in [0.4, 0.5) is 5.69 Å². The van der Waals surface area contributed by atoms with Gasteiger partial charge in [-0.1, -0.05) is 42.5 Å². The van der Waals surface area contributed by atoms with Crippen molar-refractivity contribution >= 4 is 45.3 Å². The first-order valence-electron chi connectivity index (χ1n) is 8.33. The maximum absolute atomic E-state index is 12.7. The first kappa shape index (κ1) is 16.4. The van der Waals surface area contributed by atoms with E-state index < -0.39 is 0 Å². The maximum Gasteiger partial charge on any atom is 0.214 e. The lowest BCUT2D eigenvalue weighted by Crippen LogP contribution is -2.26. The summed E-state index contributed by atoms with van der Waals surface area (Å²) in [5.74, 6) is -0.0849. The number of carbonyl (C=O) groups excluding carboxylic acids is 1. The van der Waals surface area contributed by atoms with E-state index >= 15 is 0 Å². The predicted octanol–water partition coefficient (Wildman–Crippen LogP) is 4.34. The van der Waals surface area contributed by atoms with E-state index in [4.69, 9.17) is 12.2 Å². The number of rotatable bonds is 2. The molecule has 4 nitrogen and oxygen atoms in total. The number of nitrogens with one attached hydrogen (secondary N) is 2. The number of thiocarbonyl (C=S) groups is 1. The van der Waals surface area contributed by atoms with Gasteiger partial charge in [0.15, 0.2) is 5.11 Å². The molecule has 3 aromatic rings. The van der Waals surface area contributed by atoms with Gasteiger partial charge in [0.25, 0.3) is 0 Å². The van der Waals surface area contributed by atoms with Crippen molar-refractivity contribution in [2.45, 2.75) is 13.8 Å². The quantitative estimate of drug-likeness (QED) is 0.528. The molecule has 0 unspecified atom stereocenters. The van der Waals surface area contributed by atoms with Gasteiger partial charge in [0, 0.05) is 22.2 Å². The Kier molecular flexibility index (Phi) is 4.01. The molecule has 0 bridgehead atoms. The van der Waals surface area contributed by atoms with Crippen molar-refractivity contribution in [2.75, 3.05) is 5.32 Å². The molecule has 3 aromatic carbocycles. The summed E-state index contributed by atoms with van der Waals surface area (Å²) >= 11 is 5.31. The molecule has 0 aromatic heterocycles. The molecule has 128 valence electrons. The lowest BCUT2D eigenvalue weighted by atomic mass is 10.1. The number of hydrogen-bond acceptors (Lipinski definition) is 3. The minimum absolute atomic E-state index is 0.0849. The molecule has 2 N–H and O–H groups in total. The van der Waals surface area contributed by atoms with Gasteiger partial charge in [-0.15, -0.1) is 0 Å². The molecule has 0 fully saturated rings. The van der Waals surface area contributed by atoms with E-state index in [0.717, 1.165) is 22.0 Å². The van der Waals surface area contributed by atoms with Crippen LogP contribution < -0.4 is 10.7 Å². The fourth-order valence-corrected chi connectivity index (χ4v) is 3.34. The van der Waals surface area contributed by atoms with Crippen LogP contribution in [0, 0.1) is 13.8 Å². The molecular weight excluding hydrogens is 342 g/mol. The van der Waals surface area contributed by atoms with Gasteiger partial charge in [0.2, 0.25) is 5.78 Å². The van der Waals surface area contributed by atoms with Gasteiger partial charge in [-0.2, -0.15) is 5.10 Å². The summed E-state index contributed by atoms with van der Waals surface area (Å²) in [6.07, 6.45) is 0. The number of Topliss-reactive ketones (excluding diaryl/α,β-unsaturated/α-hetero) is 1. The first-order chi connectivity index (χ1) is 12.5. The van der Waals surface area contributed by atoms with Gasteiger partial charge in [0.05, 0.1) is 0 Å². The van der Waals surface area contributed by atoms with Crippen LogP contribution in [0.25, 0.3) is 10.8 Å². The van der Waals surface area contributed by atoms with E-state index in [-0.39, 0.29) is 5.78 Å². The summed E-state index contributed by atoms with van der Waals surface area (Å²) in [5, 5.41) is 9.72. The molecular formula is C21H17N3OS. The fourth-order valence-electron chi connectivity index (χ4n) is 3.17. The Labute approximate surface area is 156 Å². The van der Waals surface area contributed by atoms with Gasteiger partial charge in [-0.25, -0.2) is 0 Å². The second-order valence-electron chi connectivity index (χ2n) is 6.36. The lowest BCUT2D eigenvalue weighted by Gasteiger charge is -2.09. The number of hydrazone groups is 1. The molecule has 0 spiro atoms. The molecule has 0 radical (unpaired) electrons. The van der Waals surface area contributed by atoms with Crippen LogP contribution in [0.5, 0.6) is 0 Å². The largest absolute Gasteiger partial charge is 0.331 e. The minimum atomic E-state index is -0.0849. The number of ketones is 1. The van der Waals surface area contributed by atoms with Crippen LogP contribution in [-0.2, 0) is 0 Å². The third-order valence-corrected chi connectivity index (χ3v) is 4.85. The Morgan fingerprint density at radius 3 is 2.42 bits per heavy atom. The molecule has 0 saturated heterocycles. The molecule has 0 atom stereocenters. The number of benzene rings is 3. The van der Waals surface area contributed by atoms with Crippen molar-refractivity contribution in [1.82, 2.24) is 5.43 Å². The van der Waals surface area contributed by atoms with Gasteiger partial charge < -0.3 is 5.32 Å². The lowest BCUT2D eigenvalue weighted by molar-refractivity contribution is 0.106. The smallest absolute Gasteiger partial charge is 0.214 e. The Balaban J connectivity index is 1.58. The number of anilines is 1. The Morgan fingerprint density at radius 1 is 0.962 bits per heavy atom. The highest BCUT2D eigenvalue weighted by molar-refractivity contribution is 7.80. The molecule has 0 amide bonds. The maximum atomic E-state index is 12.7. The van der Waals surface area contributed by atoms with Crippen LogP contribution in [0.3, 0.4) is 0 Å². The van der Waals surface area contributed by atoms with Gasteiger partial charge in [-0.3, -0.25) is 10.2 Å². The SMILES string of the molecule is Cc1ccc(NC(=S)N/N=C2\C(=O)c3cccc4cccc2c34)cc1C. The van der Waals surface area contributed by atoms with Crippen LogP contribution >= 0.6 is 12.2 Å². The molecule has 0 heterocycles. The van der Waals surface area contributed by atoms with Crippen molar-refractivity contribution in [3.8, 4) is 0 Å². The fraction of sp³-hybridized carbons (Fsp3) is 0.0952. The summed E-state index contributed by atoms with van der Waals surface area (Å²) in [6.45, 7) is 4.11. The highest BCUT2D eigenvalue weighted by Crippen LogP contribution is 2.30. The van der Waals surface area contributed by atoms with Gasteiger partial charge in [0.1, 0.15) is 5.71 Å². The third kappa shape index (κ3) is 2.76. The first-order valence-corrected chi connectivity index (χ1v) is 8.74. The monoisotopic (exact) mass is 359 g/mol. The number of aryl methyl sites for hydroxylation is 2. The standard InChI is InChI=1S/C21H17N3OS/c1-12-9-10-15(11-13(12)2)22-21(26)24-23-19-16-7-3-5-14-6-4-8-17(18(14)16)20(19)25/h3-11H,1-2H3,(H2,22,24,26)/b23-19-. The average Bonchev–Trinajstić information content (AvgIpc) is 2.91. The van der Waals surface area contributed by atoms with Crippen molar-refractivity contribution in [3.05, 3.63) is 76.9 Å². The molecule has 1 aliphatic carbocycles. The Morgan fingerprint density at radius 2 is 1.69 bits per heavy atom. The van der Waals surface area contributed by atoms with E-state index in [1.807, 2.05) is 61.5 Å². The minimum Gasteiger partial charge on any atom is -0.331 e. The molecule has 0 aliphatic heterocycles. The second-order valence-corrected chi connectivity index (χ2v) is 6.77. The highest BCUT2D eigenvalue weighted by Gasteiger charge is 2.28. The van der Waals surface area contributed by atoms with Crippen LogP contribution in [0.2, 0.25) is 0 Å². The van der Waals surface area contributed by atoms with Crippen molar-refractivity contribution in [3.63, 3.8) is 0 Å². The van der Waals surface area contributed by atoms with Crippen molar-refractivity contribution in [1.29, 1.82) is 0 Å². The molecule has 5 heteroatoms.